The van der Waals surface area contributed by atoms with Gasteiger partial charge in [-0.1, -0.05) is 0 Å². The van der Waals surface area contributed by atoms with Gasteiger partial charge in [0.05, 0.1) is 42.7 Å². The first-order chi connectivity index (χ1) is 19.1. The minimum absolute atomic E-state index is 0.196. The third kappa shape index (κ3) is 2.86. The van der Waals surface area contributed by atoms with Crippen LogP contribution in [-0.4, -0.2) is 104 Å². The van der Waals surface area contributed by atoms with Gasteiger partial charge in [-0.2, -0.15) is 0 Å². The van der Waals surface area contributed by atoms with E-state index in [4.69, 9.17) is 23.7 Å². The molecule has 0 radical (unpaired) electrons. The van der Waals surface area contributed by atoms with E-state index in [1.807, 2.05) is 0 Å². The van der Waals surface area contributed by atoms with Crippen molar-refractivity contribution < 1.29 is 43.8 Å². The molecule has 6 fully saturated rings. The third-order valence-corrected chi connectivity index (χ3v) is 12.4. The van der Waals surface area contributed by atoms with Gasteiger partial charge < -0.3 is 44.3 Å². The van der Waals surface area contributed by atoms with Crippen LogP contribution >= 0.6 is 0 Å². The van der Waals surface area contributed by atoms with Crippen molar-refractivity contribution >= 4 is 5.97 Å². The van der Waals surface area contributed by atoms with Crippen molar-refractivity contribution in [3.8, 4) is 5.75 Å². The second-order valence-corrected chi connectivity index (χ2v) is 13.2. The lowest BCUT2D eigenvalue weighted by atomic mass is 9.42. The van der Waals surface area contributed by atoms with Crippen LogP contribution in [-0.2, 0) is 18.9 Å². The molecule has 1 aliphatic heterocycles. The first kappa shape index (κ1) is 27.1. The molecule has 1 saturated heterocycles. The number of aliphatic hydroxyl groups is 3. The minimum Gasteiger partial charge on any atom is -0.497 e. The standard InChI is InChI=1S/C30H41NO9/c1-36-15-26-10-9-20(38-3)30-18-11-28(34)21(39-4)13-27(33,19(12-29(26,30)35)23(30)31-14-26)22(18)24(28)40-25(32)16-5-7-17(37-2)8-6-16/h5-8,18-24,31,33-35H,9-15H2,1-4H3/t18-,19+,20+,21+,22-,23?,24-,26+,27+,28+,29+,30-/m1/s1. The van der Waals surface area contributed by atoms with Gasteiger partial charge in [0, 0.05) is 63.0 Å². The summed E-state index contributed by atoms with van der Waals surface area (Å²) in [6.45, 7) is 0.961. The molecule has 7 rings (SSSR count). The Bertz CT molecular complexity index is 1200. The number of methoxy groups -OCH3 is 4. The van der Waals surface area contributed by atoms with E-state index in [9.17, 15) is 20.1 Å². The Morgan fingerprint density at radius 1 is 0.950 bits per heavy atom. The largest absolute Gasteiger partial charge is 0.497 e. The molecule has 5 aliphatic carbocycles. The number of nitrogens with one attached hydrogen (secondary N) is 1. The second-order valence-electron chi connectivity index (χ2n) is 13.2. The lowest BCUT2D eigenvalue weighted by Crippen LogP contribution is -2.81. The molecule has 0 aromatic heterocycles. The molecule has 10 nitrogen and oxygen atoms in total. The molecular formula is C30H41NO9. The summed E-state index contributed by atoms with van der Waals surface area (Å²) in [5, 5.41) is 41.9. The summed E-state index contributed by atoms with van der Waals surface area (Å²) < 4.78 is 29.2. The van der Waals surface area contributed by atoms with Crippen molar-refractivity contribution in [2.45, 2.75) is 73.3 Å². The van der Waals surface area contributed by atoms with E-state index in [-0.39, 0.29) is 36.8 Å². The lowest BCUT2D eigenvalue weighted by Gasteiger charge is -2.69. The molecule has 220 valence electrons. The number of benzene rings is 1. The second kappa shape index (κ2) is 8.63. The minimum atomic E-state index is -1.54. The summed E-state index contributed by atoms with van der Waals surface area (Å²) in [4.78, 5) is 13.5. The monoisotopic (exact) mass is 559 g/mol. The number of rotatable bonds is 7. The molecule has 1 aromatic rings. The van der Waals surface area contributed by atoms with Crippen LogP contribution < -0.4 is 10.1 Å². The predicted octanol–water partition coefficient (Wildman–Crippen LogP) is 0.902. The number of fused-ring (bicyclic) bond motifs is 2. The molecule has 1 spiro atoms. The molecule has 1 heterocycles. The van der Waals surface area contributed by atoms with Crippen molar-refractivity contribution in [1.29, 1.82) is 0 Å². The Morgan fingerprint density at radius 3 is 2.33 bits per heavy atom. The smallest absolute Gasteiger partial charge is 0.338 e. The Balaban J connectivity index is 1.37. The molecule has 1 aromatic carbocycles. The van der Waals surface area contributed by atoms with Gasteiger partial charge in [0.25, 0.3) is 0 Å². The van der Waals surface area contributed by atoms with Crippen molar-refractivity contribution in [2.75, 3.05) is 41.6 Å². The van der Waals surface area contributed by atoms with Gasteiger partial charge in [-0.05, 0) is 55.9 Å². The van der Waals surface area contributed by atoms with Crippen LogP contribution in [0.15, 0.2) is 24.3 Å². The summed E-state index contributed by atoms with van der Waals surface area (Å²) in [5.41, 5.74) is -5.12. The number of ether oxygens (including phenoxy) is 5. The fourth-order valence-electron chi connectivity index (χ4n) is 11.0. The van der Waals surface area contributed by atoms with Gasteiger partial charge in [0.2, 0.25) is 0 Å². The maximum Gasteiger partial charge on any atom is 0.338 e. The van der Waals surface area contributed by atoms with Gasteiger partial charge in [-0.15, -0.1) is 0 Å². The van der Waals surface area contributed by atoms with Crippen LogP contribution in [0.3, 0.4) is 0 Å². The maximum absolute atomic E-state index is 13.5. The normalized spacial score (nSPS) is 51.4. The highest BCUT2D eigenvalue weighted by molar-refractivity contribution is 5.89. The van der Waals surface area contributed by atoms with Crippen LogP contribution in [0, 0.1) is 28.6 Å². The molecule has 40 heavy (non-hydrogen) atoms. The molecule has 12 atom stereocenters. The summed E-state index contributed by atoms with van der Waals surface area (Å²) in [6, 6.07) is 6.39. The van der Waals surface area contributed by atoms with Crippen molar-refractivity contribution in [3.63, 3.8) is 0 Å². The van der Waals surface area contributed by atoms with E-state index in [1.165, 1.54) is 7.11 Å². The first-order valence-corrected chi connectivity index (χ1v) is 14.4. The maximum atomic E-state index is 13.5. The lowest BCUT2D eigenvalue weighted by molar-refractivity contribution is -0.302. The van der Waals surface area contributed by atoms with E-state index in [0.717, 1.165) is 12.8 Å². The van der Waals surface area contributed by atoms with E-state index in [0.29, 0.717) is 30.9 Å². The van der Waals surface area contributed by atoms with Crippen LogP contribution in [0.5, 0.6) is 5.75 Å². The van der Waals surface area contributed by atoms with Crippen LogP contribution in [0.25, 0.3) is 0 Å². The van der Waals surface area contributed by atoms with Gasteiger partial charge in [-0.25, -0.2) is 4.79 Å². The highest BCUT2D eigenvalue weighted by Crippen LogP contribution is 2.79. The average Bonchev–Trinajstić information content (AvgIpc) is 3.29. The SMILES string of the molecule is COC[C@]12CC[C@H](OC)[C@]34C(NC1)[C@H](C[C@]23O)[C@@]1(O)C[C@H](OC)[C@@]2(O)C[C@@H]4[C@@H]1[C@H]2OC(=O)c1ccc(OC)cc1. The Kier molecular flexibility index (Phi) is 5.84. The summed E-state index contributed by atoms with van der Waals surface area (Å²) in [6.07, 6.45) is 0.182. The van der Waals surface area contributed by atoms with E-state index >= 15 is 0 Å². The summed E-state index contributed by atoms with van der Waals surface area (Å²) in [7, 11) is 6.43. The fourth-order valence-corrected chi connectivity index (χ4v) is 11.0. The van der Waals surface area contributed by atoms with Crippen LogP contribution in [0.1, 0.15) is 42.5 Å². The van der Waals surface area contributed by atoms with Gasteiger partial charge >= 0.3 is 5.97 Å². The zero-order valence-corrected chi connectivity index (χ0v) is 23.6. The highest BCUT2D eigenvalue weighted by atomic mass is 16.6. The summed E-state index contributed by atoms with van der Waals surface area (Å²) >= 11 is 0. The fraction of sp³-hybridized carbons (Fsp3) is 0.767. The molecule has 0 amide bonds. The van der Waals surface area contributed by atoms with Crippen molar-refractivity contribution in [3.05, 3.63) is 29.8 Å². The molecule has 5 saturated carbocycles. The molecule has 6 aliphatic rings. The number of carbonyl (C=O) groups is 1. The van der Waals surface area contributed by atoms with Gasteiger partial charge in [0.15, 0.2) is 0 Å². The molecular weight excluding hydrogens is 518 g/mol. The van der Waals surface area contributed by atoms with Crippen molar-refractivity contribution in [2.24, 2.45) is 28.6 Å². The number of hydrogen-bond acceptors (Lipinski definition) is 10. The number of piperidine rings is 1. The molecule has 10 heteroatoms. The summed E-state index contributed by atoms with van der Waals surface area (Å²) in [5.74, 6) is -1.31. The van der Waals surface area contributed by atoms with Gasteiger partial charge in [0.1, 0.15) is 17.5 Å². The number of carbonyl (C=O) groups excluding carboxylic acids is 1. The number of esters is 1. The first-order valence-electron chi connectivity index (χ1n) is 14.4. The van der Waals surface area contributed by atoms with Crippen LogP contribution in [0.4, 0.5) is 0 Å². The Morgan fingerprint density at radius 2 is 1.68 bits per heavy atom. The predicted molar refractivity (Wildman–Crippen MR) is 141 cm³/mol. The average molecular weight is 560 g/mol. The van der Waals surface area contributed by atoms with E-state index in [1.54, 1.807) is 45.6 Å². The molecule has 4 N–H and O–H groups in total. The zero-order chi connectivity index (χ0) is 28.3. The Hall–Kier alpha value is -1.79. The third-order valence-electron chi connectivity index (χ3n) is 12.4. The van der Waals surface area contributed by atoms with Crippen LogP contribution in [0.2, 0.25) is 0 Å². The quantitative estimate of drug-likeness (QED) is 0.357. The highest BCUT2D eigenvalue weighted by Gasteiger charge is 2.89. The van der Waals surface area contributed by atoms with E-state index < -0.39 is 51.7 Å². The topological polar surface area (TPSA) is 136 Å². The zero-order valence-electron chi connectivity index (χ0n) is 23.6. The van der Waals surface area contributed by atoms with E-state index in [2.05, 4.69) is 5.32 Å². The van der Waals surface area contributed by atoms with Gasteiger partial charge in [-0.3, -0.25) is 0 Å². The van der Waals surface area contributed by atoms with Crippen molar-refractivity contribution in [1.82, 2.24) is 5.32 Å². The Labute approximate surface area is 234 Å². The molecule has 1 unspecified atom stereocenters. The number of hydrogen-bond donors (Lipinski definition) is 4. The molecule has 7 bridgehead atoms.